The molecule has 11 heteroatoms. The minimum Gasteiger partial charge on any atom is -0.495 e. The number of anilines is 3. The van der Waals surface area contributed by atoms with Crippen LogP contribution < -0.4 is 15.4 Å². The summed E-state index contributed by atoms with van der Waals surface area (Å²) in [6.07, 6.45) is 0.290. The van der Waals surface area contributed by atoms with E-state index in [1.54, 1.807) is 24.3 Å². The molecule has 2 N–H and O–H groups in total. The van der Waals surface area contributed by atoms with Crippen molar-refractivity contribution in [2.24, 2.45) is 0 Å². The van der Waals surface area contributed by atoms with E-state index in [2.05, 4.69) is 20.6 Å². The number of amides is 1. The maximum absolute atomic E-state index is 12.6. The van der Waals surface area contributed by atoms with Crippen LogP contribution in [0.1, 0.15) is 17.3 Å². The lowest BCUT2D eigenvalue weighted by atomic mass is 10.2. The van der Waals surface area contributed by atoms with Crippen molar-refractivity contribution in [2.75, 3.05) is 17.7 Å². The Kier molecular flexibility index (Phi) is 7.00. The molecule has 0 aliphatic rings. The minimum absolute atomic E-state index is 0.0901. The third-order valence-corrected chi connectivity index (χ3v) is 5.23. The molecule has 0 aliphatic carbocycles. The number of benzene rings is 3. The van der Waals surface area contributed by atoms with Crippen LogP contribution in [0, 0.1) is 10.1 Å². The predicted molar refractivity (Wildman–Crippen MR) is 132 cm³/mol. The van der Waals surface area contributed by atoms with Gasteiger partial charge in [0.1, 0.15) is 17.9 Å². The van der Waals surface area contributed by atoms with Gasteiger partial charge in [0.2, 0.25) is 0 Å². The molecule has 0 saturated heterocycles. The molecule has 182 valence electrons. The van der Waals surface area contributed by atoms with Crippen molar-refractivity contribution in [3.05, 3.63) is 88.7 Å². The molecule has 0 radical (unpaired) electrons. The summed E-state index contributed by atoms with van der Waals surface area (Å²) in [4.78, 5) is 44.1. The molecule has 1 atom stereocenters. The topological polar surface area (TPSA) is 146 Å². The van der Waals surface area contributed by atoms with Crippen LogP contribution in [0.15, 0.2) is 73.1 Å². The highest BCUT2D eigenvalue weighted by molar-refractivity contribution is 5.98. The summed E-state index contributed by atoms with van der Waals surface area (Å²) in [5.41, 5.74) is 1.59. The van der Waals surface area contributed by atoms with Crippen molar-refractivity contribution in [1.29, 1.82) is 0 Å². The number of nitrogens with one attached hydrogen (secondary N) is 2. The number of aromatic nitrogens is 2. The first kappa shape index (κ1) is 24.1. The number of para-hydroxylation sites is 1. The highest BCUT2D eigenvalue weighted by atomic mass is 16.6. The summed E-state index contributed by atoms with van der Waals surface area (Å²) < 4.78 is 10.4. The smallest absolute Gasteiger partial charge is 0.338 e. The molecule has 3 aromatic carbocycles. The third-order valence-electron chi connectivity index (χ3n) is 5.23. The lowest BCUT2D eigenvalue weighted by molar-refractivity contribution is -0.384. The van der Waals surface area contributed by atoms with Crippen molar-refractivity contribution in [1.82, 2.24) is 9.97 Å². The summed E-state index contributed by atoms with van der Waals surface area (Å²) in [5.74, 6) is -0.524. The average Bonchev–Trinajstić information content (AvgIpc) is 2.89. The number of nitrogens with zero attached hydrogens (tertiary/aromatic N) is 3. The summed E-state index contributed by atoms with van der Waals surface area (Å²) in [6, 6.07) is 17.8. The Hall–Kier alpha value is -5.06. The first-order chi connectivity index (χ1) is 17.4. The number of ether oxygens (including phenoxy) is 2. The third kappa shape index (κ3) is 5.36. The first-order valence-corrected chi connectivity index (χ1v) is 10.8. The number of methoxy groups -OCH3 is 1. The number of hydrogen-bond donors (Lipinski definition) is 2. The molecule has 0 bridgehead atoms. The number of esters is 1. The van der Waals surface area contributed by atoms with Gasteiger partial charge in [-0.05, 0) is 49.4 Å². The molecule has 0 fully saturated rings. The van der Waals surface area contributed by atoms with Gasteiger partial charge in [0, 0.05) is 23.2 Å². The van der Waals surface area contributed by atoms with Crippen LogP contribution in [0.3, 0.4) is 0 Å². The molecule has 11 nitrogen and oxygen atoms in total. The number of carbonyl (C=O) groups is 2. The molecule has 1 heterocycles. The average molecular weight is 487 g/mol. The molecule has 0 unspecified atom stereocenters. The number of nitro groups is 1. The Bertz CT molecular complexity index is 1440. The van der Waals surface area contributed by atoms with Gasteiger partial charge in [-0.2, -0.15) is 0 Å². The molecule has 0 saturated carbocycles. The lowest BCUT2D eigenvalue weighted by Crippen LogP contribution is -2.30. The maximum atomic E-state index is 12.6. The van der Waals surface area contributed by atoms with E-state index >= 15 is 0 Å². The van der Waals surface area contributed by atoms with E-state index in [1.165, 1.54) is 32.5 Å². The Morgan fingerprint density at radius 1 is 1.03 bits per heavy atom. The van der Waals surface area contributed by atoms with E-state index < -0.39 is 22.9 Å². The zero-order valence-corrected chi connectivity index (χ0v) is 19.3. The van der Waals surface area contributed by atoms with Crippen molar-refractivity contribution < 1.29 is 24.0 Å². The largest absolute Gasteiger partial charge is 0.495 e. The molecule has 4 aromatic rings. The van der Waals surface area contributed by atoms with Crippen LogP contribution in [0.2, 0.25) is 0 Å². The van der Waals surface area contributed by atoms with E-state index in [-0.39, 0.29) is 22.7 Å². The fourth-order valence-electron chi connectivity index (χ4n) is 3.35. The van der Waals surface area contributed by atoms with Gasteiger partial charge in [-0.3, -0.25) is 14.9 Å². The van der Waals surface area contributed by atoms with Gasteiger partial charge in [-0.1, -0.05) is 12.1 Å². The summed E-state index contributed by atoms with van der Waals surface area (Å²) in [6.45, 7) is 1.40. The van der Waals surface area contributed by atoms with E-state index in [0.29, 0.717) is 11.5 Å². The van der Waals surface area contributed by atoms with Gasteiger partial charge in [-0.25, -0.2) is 14.8 Å². The zero-order valence-electron chi connectivity index (χ0n) is 19.3. The van der Waals surface area contributed by atoms with Gasteiger partial charge in [0.25, 0.3) is 11.6 Å². The number of nitro benzene ring substituents is 1. The van der Waals surface area contributed by atoms with Crippen LogP contribution in [0.4, 0.5) is 22.9 Å². The molecule has 1 amide bonds. The molecular formula is C25H21N5O6. The fourth-order valence-corrected chi connectivity index (χ4v) is 3.35. The second-order valence-corrected chi connectivity index (χ2v) is 7.62. The molecule has 4 rings (SSSR count). The van der Waals surface area contributed by atoms with Gasteiger partial charge < -0.3 is 20.1 Å². The molecule has 0 spiro atoms. The van der Waals surface area contributed by atoms with Crippen molar-refractivity contribution in [2.45, 2.75) is 13.0 Å². The second kappa shape index (κ2) is 10.5. The van der Waals surface area contributed by atoms with Crippen molar-refractivity contribution in [3.63, 3.8) is 0 Å². The van der Waals surface area contributed by atoms with Gasteiger partial charge >= 0.3 is 5.97 Å². The van der Waals surface area contributed by atoms with Crippen molar-refractivity contribution in [3.8, 4) is 5.75 Å². The number of hydrogen-bond acceptors (Lipinski definition) is 9. The van der Waals surface area contributed by atoms with Crippen LogP contribution >= 0.6 is 0 Å². The molecule has 1 aromatic heterocycles. The Labute approximate surface area is 205 Å². The number of non-ortho nitro benzene ring substituents is 1. The number of carbonyl (C=O) groups excluding carboxylic acids is 2. The highest BCUT2D eigenvalue weighted by Gasteiger charge is 2.21. The molecule has 0 aliphatic heterocycles. The van der Waals surface area contributed by atoms with E-state index in [9.17, 15) is 19.7 Å². The van der Waals surface area contributed by atoms with E-state index in [4.69, 9.17) is 9.47 Å². The Morgan fingerprint density at radius 2 is 1.78 bits per heavy atom. The first-order valence-electron chi connectivity index (χ1n) is 10.8. The van der Waals surface area contributed by atoms with Crippen LogP contribution in [0.25, 0.3) is 10.9 Å². The molecular weight excluding hydrogens is 466 g/mol. The Morgan fingerprint density at radius 3 is 2.50 bits per heavy atom. The minimum atomic E-state index is -1.17. The second-order valence-electron chi connectivity index (χ2n) is 7.62. The fraction of sp³-hybridized carbons (Fsp3) is 0.120. The number of fused-ring (bicyclic) bond motifs is 1. The number of rotatable bonds is 8. The SMILES string of the molecule is COc1ccc([N+](=O)[O-])cc1NC(=O)[C@H](C)OC(=O)c1ccc(Nc2ncnc3ccccc23)cc1. The normalized spacial score (nSPS) is 11.4. The quantitative estimate of drug-likeness (QED) is 0.209. The monoisotopic (exact) mass is 487 g/mol. The predicted octanol–water partition coefficient (Wildman–Crippen LogP) is 4.47. The zero-order chi connectivity index (χ0) is 25.7. The summed E-state index contributed by atoms with van der Waals surface area (Å²) in [5, 5.41) is 17.6. The van der Waals surface area contributed by atoms with Gasteiger partial charge in [0.15, 0.2) is 6.10 Å². The maximum Gasteiger partial charge on any atom is 0.338 e. The highest BCUT2D eigenvalue weighted by Crippen LogP contribution is 2.29. The standard InChI is InChI=1S/C25H21N5O6/c1-15(24(31)29-21-13-18(30(33)34)11-12-22(21)35-2)36-25(32)16-7-9-17(10-8-16)28-23-19-5-3-4-6-20(19)26-14-27-23/h3-15H,1-2H3,(H,29,31)(H,26,27,28)/t15-/m0/s1. The van der Waals surface area contributed by atoms with Crippen LogP contribution in [0.5, 0.6) is 5.75 Å². The Balaban J connectivity index is 1.40. The van der Waals surface area contributed by atoms with E-state index in [0.717, 1.165) is 17.0 Å². The lowest BCUT2D eigenvalue weighted by Gasteiger charge is -2.15. The van der Waals surface area contributed by atoms with Gasteiger partial charge in [0.05, 0.1) is 28.8 Å². The summed E-state index contributed by atoms with van der Waals surface area (Å²) >= 11 is 0. The molecule has 36 heavy (non-hydrogen) atoms. The van der Waals surface area contributed by atoms with E-state index in [1.807, 2.05) is 24.3 Å². The van der Waals surface area contributed by atoms with Crippen LogP contribution in [-0.4, -0.2) is 40.0 Å². The summed E-state index contributed by atoms with van der Waals surface area (Å²) in [7, 11) is 1.37. The van der Waals surface area contributed by atoms with Crippen LogP contribution in [-0.2, 0) is 9.53 Å². The van der Waals surface area contributed by atoms with Gasteiger partial charge in [-0.15, -0.1) is 0 Å². The van der Waals surface area contributed by atoms with Crippen molar-refractivity contribution >= 4 is 45.7 Å².